The molecule has 4 nitrogen and oxygen atoms in total. The van der Waals surface area contributed by atoms with Crippen LogP contribution in [0.5, 0.6) is 0 Å². The van der Waals surface area contributed by atoms with Gasteiger partial charge in [0, 0.05) is 19.6 Å². The lowest BCUT2D eigenvalue weighted by molar-refractivity contribution is 0.0740. The van der Waals surface area contributed by atoms with Gasteiger partial charge in [0.15, 0.2) is 3.95 Å². The van der Waals surface area contributed by atoms with Crippen LogP contribution in [0.2, 0.25) is 0 Å². The van der Waals surface area contributed by atoms with Gasteiger partial charge >= 0.3 is 0 Å². The average Bonchev–Trinajstić information content (AvgIpc) is 3.00. The summed E-state index contributed by atoms with van der Waals surface area (Å²) in [5.41, 5.74) is 10.1. The topological polar surface area (TPSA) is 51.3 Å². The SMILES string of the molecule is Nc1c(C(=O)N2CCc3ccccc3C2)sc(=S)n1CCc1ccccc1. The molecule has 0 spiro atoms. The van der Waals surface area contributed by atoms with Gasteiger partial charge in [-0.2, -0.15) is 0 Å². The molecule has 27 heavy (non-hydrogen) atoms. The molecule has 2 N–H and O–H groups in total. The number of aryl methyl sites for hydroxylation is 1. The van der Waals surface area contributed by atoms with E-state index in [0.29, 0.717) is 34.3 Å². The summed E-state index contributed by atoms with van der Waals surface area (Å²) < 4.78 is 2.54. The highest BCUT2D eigenvalue weighted by Crippen LogP contribution is 2.27. The van der Waals surface area contributed by atoms with Crippen molar-refractivity contribution < 1.29 is 4.79 Å². The first-order valence-electron chi connectivity index (χ1n) is 9.02. The highest BCUT2D eigenvalue weighted by molar-refractivity contribution is 7.73. The Morgan fingerprint density at radius 2 is 1.78 bits per heavy atom. The fourth-order valence-electron chi connectivity index (χ4n) is 3.48. The molecule has 0 aliphatic carbocycles. The van der Waals surface area contributed by atoms with Crippen LogP contribution in [0.4, 0.5) is 5.82 Å². The van der Waals surface area contributed by atoms with Crippen molar-refractivity contribution in [1.29, 1.82) is 0 Å². The number of anilines is 1. The number of aromatic nitrogens is 1. The molecule has 1 aliphatic rings. The summed E-state index contributed by atoms with van der Waals surface area (Å²) in [6.07, 6.45) is 1.71. The molecule has 0 saturated carbocycles. The van der Waals surface area contributed by atoms with Crippen molar-refractivity contribution in [2.45, 2.75) is 25.9 Å². The molecule has 0 fully saturated rings. The Labute approximate surface area is 167 Å². The maximum absolute atomic E-state index is 13.1. The number of carbonyl (C=O) groups excluding carboxylic acids is 1. The zero-order chi connectivity index (χ0) is 18.8. The van der Waals surface area contributed by atoms with Crippen molar-refractivity contribution in [1.82, 2.24) is 9.47 Å². The first kappa shape index (κ1) is 17.9. The highest BCUT2D eigenvalue weighted by atomic mass is 32.1. The predicted octanol–water partition coefficient (Wildman–Crippen LogP) is 4.30. The maximum Gasteiger partial charge on any atom is 0.268 e. The minimum Gasteiger partial charge on any atom is -0.384 e. The van der Waals surface area contributed by atoms with E-state index in [0.717, 1.165) is 12.8 Å². The quantitative estimate of drug-likeness (QED) is 0.670. The summed E-state index contributed by atoms with van der Waals surface area (Å²) in [6.45, 7) is 2.02. The Morgan fingerprint density at radius 1 is 1.07 bits per heavy atom. The summed E-state index contributed by atoms with van der Waals surface area (Å²) in [5, 5.41) is 0. The van der Waals surface area contributed by atoms with Crippen LogP contribution in [0.1, 0.15) is 26.4 Å². The number of fused-ring (bicyclic) bond motifs is 1. The van der Waals surface area contributed by atoms with E-state index in [4.69, 9.17) is 18.0 Å². The van der Waals surface area contributed by atoms with Crippen LogP contribution in [0.25, 0.3) is 0 Å². The van der Waals surface area contributed by atoms with Gasteiger partial charge in [-0.3, -0.25) is 4.79 Å². The third kappa shape index (κ3) is 3.68. The number of nitrogens with two attached hydrogens (primary N) is 1. The minimum atomic E-state index is -0.0171. The standard InChI is InChI=1S/C21H21N3OS2/c22-19-18(20(25)23-12-11-16-8-4-5-9-17(16)14-23)27-21(26)24(19)13-10-15-6-2-1-3-7-15/h1-9H,10-14,22H2. The van der Waals surface area contributed by atoms with Crippen LogP contribution in [-0.2, 0) is 25.9 Å². The third-order valence-corrected chi connectivity index (χ3v) is 6.47. The number of carbonyl (C=O) groups is 1. The summed E-state index contributed by atoms with van der Waals surface area (Å²) in [6, 6.07) is 18.5. The number of benzene rings is 2. The normalized spacial score (nSPS) is 13.4. The number of hydrogen-bond acceptors (Lipinski definition) is 4. The molecule has 0 unspecified atom stereocenters. The lowest BCUT2D eigenvalue weighted by Crippen LogP contribution is -2.36. The predicted molar refractivity (Wildman–Crippen MR) is 113 cm³/mol. The molecule has 2 aromatic carbocycles. The summed E-state index contributed by atoms with van der Waals surface area (Å²) in [7, 11) is 0. The second-order valence-corrected chi connectivity index (χ2v) is 8.36. The van der Waals surface area contributed by atoms with Gasteiger partial charge < -0.3 is 15.2 Å². The number of nitrogens with zero attached hydrogens (tertiary/aromatic N) is 2. The maximum atomic E-state index is 13.1. The van der Waals surface area contributed by atoms with Gasteiger partial charge in [0.25, 0.3) is 5.91 Å². The molecular weight excluding hydrogens is 374 g/mol. The van der Waals surface area contributed by atoms with Crippen molar-refractivity contribution in [3.05, 3.63) is 80.1 Å². The van der Waals surface area contributed by atoms with E-state index in [-0.39, 0.29) is 5.91 Å². The molecule has 6 heteroatoms. The molecule has 0 radical (unpaired) electrons. The molecule has 1 aromatic heterocycles. The molecule has 1 aliphatic heterocycles. The molecule has 0 saturated heterocycles. The summed E-state index contributed by atoms with van der Waals surface area (Å²) in [5.74, 6) is 0.473. The fourth-order valence-corrected chi connectivity index (χ4v) is 4.82. The number of thiazole rings is 1. The van der Waals surface area contributed by atoms with Gasteiger partial charge in [-0.1, -0.05) is 65.9 Å². The molecule has 3 aromatic rings. The summed E-state index contributed by atoms with van der Waals surface area (Å²) >= 11 is 6.81. The second-order valence-electron chi connectivity index (χ2n) is 6.71. The Hall–Kier alpha value is -2.44. The van der Waals surface area contributed by atoms with Gasteiger partial charge in [0.05, 0.1) is 0 Å². The van der Waals surface area contributed by atoms with Crippen LogP contribution in [0.15, 0.2) is 54.6 Å². The van der Waals surface area contributed by atoms with Gasteiger partial charge in [-0.05, 0) is 41.7 Å². The number of rotatable bonds is 4. The molecule has 0 bridgehead atoms. The van der Waals surface area contributed by atoms with Gasteiger partial charge in [0.2, 0.25) is 0 Å². The average molecular weight is 396 g/mol. The zero-order valence-corrected chi connectivity index (χ0v) is 16.6. The monoisotopic (exact) mass is 395 g/mol. The lowest BCUT2D eigenvalue weighted by Gasteiger charge is -2.28. The second kappa shape index (κ2) is 7.66. The lowest BCUT2D eigenvalue weighted by atomic mass is 10.00. The van der Waals surface area contributed by atoms with Crippen molar-refractivity contribution in [3.63, 3.8) is 0 Å². The van der Waals surface area contributed by atoms with Gasteiger partial charge in [0.1, 0.15) is 10.7 Å². The molecule has 4 rings (SSSR count). The van der Waals surface area contributed by atoms with Crippen molar-refractivity contribution in [2.75, 3.05) is 12.3 Å². The molecule has 2 heterocycles. The van der Waals surface area contributed by atoms with E-state index < -0.39 is 0 Å². The number of hydrogen-bond donors (Lipinski definition) is 1. The van der Waals surface area contributed by atoms with Crippen molar-refractivity contribution in [2.24, 2.45) is 0 Å². The molecule has 0 atom stereocenters. The van der Waals surface area contributed by atoms with E-state index in [1.165, 1.54) is 28.0 Å². The van der Waals surface area contributed by atoms with Crippen LogP contribution in [0.3, 0.4) is 0 Å². The van der Waals surface area contributed by atoms with Crippen LogP contribution in [-0.4, -0.2) is 21.9 Å². The van der Waals surface area contributed by atoms with Crippen molar-refractivity contribution in [3.8, 4) is 0 Å². The largest absolute Gasteiger partial charge is 0.384 e. The minimum absolute atomic E-state index is 0.0171. The Morgan fingerprint density at radius 3 is 2.56 bits per heavy atom. The fraction of sp³-hybridized carbons (Fsp3) is 0.238. The van der Waals surface area contributed by atoms with E-state index in [9.17, 15) is 4.79 Å². The van der Waals surface area contributed by atoms with Crippen molar-refractivity contribution >= 4 is 35.3 Å². The third-order valence-electron chi connectivity index (χ3n) is 5.01. The first-order valence-corrected chi connectivity index (χ1v) is 10.2. The highest BCUT2D eigenvalue weighted by Gasteiger charge is 2.25. The Kier molecular flexibility index (Phi) is 5.09. The smallest absolute Gasteiger partial charge is 0.268 e. The number of amides is 1. The summed E-state index contributed by atoms with van der Waals surface area (Å²) in [4.78, 5) is 15.5. The van der Waals surface area contributed by atoms with Gasteiger partial charge in [-0.15, -0.1) is 0 Å². The van der Waals surface area contributed by atoms with Crippen LogP contribution < -0.4 is 5.73 Å². The van der Waals surface area contributed by atoms with Gasteiger partial charge in [-0.25, -0.2) is 0 Å². The Balaban J connectivity index is 1.53. The first-order chi connectivity index (χ1) is 13.1. The zero-order valence-electron chi connectivity index (χ0n) is 14.9. The van der Waals surface area contributed by atoms with Crippen LogP contribution in [0, 0.1) is 3.95 Å². The van der Waals surface area contributed by atoms with E-state index in [2.05, 4.69) is 24.3 Å². The molecular formula is C21H21N3OS2. The van der Waals surface area contributed by atoms with E-state index >= 15 is 0 Å². The van der Waals surface area contributed by atoms with E-state index in [1.54, 1.807) is 0 Å². The number of nitrogen functional groups attached to an aromatic ring is 1. The van der Waals surface area contributed by atoms with Crippen LogP contribution >= 0.6 is 23.6 Å². The van der Waals surface area contributed by atoms with E-state index in [1.807, 2.05) is 39.8 Å². The molecule has 1 amide bonds. The molecule has 138 valence electrons. The Bertz CT molecular complexity index is 1020.